The third-order valence-electron chi connectivity index (χ3n) is 1.76. The summed E-state index contributed by atoms with van der Waals surface area (Å²) in [5.41, 5.74) is 0. The lowest BCUT2D eigenvalue weighted by molar-refractivity contribution is 0.581. The SMILES string of the molecule is CCCCCCCC[SiH2]O. The summed E-state index contributed by atoms with van der Waals surface area (Å²) in [7, 11) is -0.625. The molecule has 0 unspecified atom stereocenters. The van der Waals surface area contributed by atoms with Crippen molar-refractivity contribution in [1.29, 1.82) is 0 Å². The maximum absolute atomic E-state index is 8.61. The first kappa shape index (κ1) is 10.2. The highest BCUT2D eigenvalue weighted by Gasteiger charge is 1.88. The molecule has 62 valence electrons. The van der Waals surface area contributed by atoms with Crippen LogP contribution in [0.25, 0.3) is 0 Å². The predicted molar refractivity (Wildman–Crippen MR) is 48.9 cm³/mol. The average molecular weight is 160 g/mol. The summed E-state index contributed by atoms with van der Waals surface area (Å²) in [6.07, 6.45) is 8.09. The van der Waals surface area contributed by atoms with Crippen molar-refractivity contribution in [2.24, 2.45) is 0 Å². The summed E-state index contributed by atoms with van der Waals surface area (Å²) in [5, 5.41) is 0. The topological polar surface area (TPSA) is 20.2 Å². The van der Waals surface area contributed by atoms with Crippen LogP contribution in [0.5, 0.6) is 0 Å². The van der Waals surface area contributed by atoms with Crippen LogP contribution in [0.15, 0.2) is 0 Å². The normalized spacial score (nSPS) is 11.4. The van der Waals surface area contributed by atoms with Gasteiger partial charge in [0, 0.05) is 0 Å². The minimum atomic E-state index is -0.625. The van der Waals surface area contributed by atoms with Crippen molar-refractivity contribution in [2.75, 3.05) is 0 Å². The van der Waals surface area contributed by atoms with Crippen molar-refractivity contribution < 1.29 is 4.80 Å². The number of hydrogen-bond acceptors (Lipinski definition) is 1. The van der Waals surface area contributed by atoms with Crippen LogP contribution in [-0.2, 0) is 0 Å². The fourth-order valence-electron chi connectivity index (χ4n) is 1.07. The first-order chi connectivity index (χ1) is 4.91. The molecule has 0 aromatic heterocycles. The zero-order valence-electron chi connectivity index (χ0n) is 7.10. The van der Waals surface area contributed by atoms with Gasteiger partial charge in [-0.1, -0.05) is 45.4 Å². The summed E-state index contributed by atoms with van der Waals surface area (Å²) in [4.78, 5) is 8.61. The maximum atomic E-state index is 8.61. The van der Waals surface area contributed by atoms with Crippen LogP contribution in [0.2, 0.25) is 6.04 Å². The quantitative estimate of drug-likeness (QED) is 0.445. The largest absolute Gasteiger partial charge is 0.438 e. The van der Waals surface area contributed by atoms with E-state index in [1.807, 2.05) is 0 Å². The average Bonchev–Trinajstić information content (AvgIpc) is 1.97. The molecular formula is C8H20OSi. The van der Waals surface area contributed by atoms with Crippen LogP contribution < -0.4 is 0 Å². The molecule has 0 atom stereocenters. The van der Waals surface area contributed by atoms with E-state index in [1.165, 1.54) is 38.5 Å². The summed E-state index contributed by atoms with van der Waals surface area (Å²) >= 11 is 0. The highest BCUT2D eigenvalue weighted by atomic mass is 28.2. The molecule has 1 N–H and O–H groups in total. The van der Waals surface area contributed by atoms with Crippen LogP contribution in [0, 0.1) is 0 Å². The van der Waals surface area contributed by atoms with Crippen molar-refractivity contribution in [3.8, 4) is 0 Å². The van der Waals surface area contributed by atoms with Gasteiger partial charge in [0.05, 0.1) is 0 Å². The lowest BCUT2D eigenvalue weighted by atomic mass is 10.1. The monoisotopic (exact) mass is 160 g/mol. The summed E-state index contributed by atoms with van der Waals surface area (Å²) < 4.78 is 0. The molecule has 0 heterocycles. The molecule has 10 heavy (non-hydrogen) atoms. The molecule has 0 aromatic rings. The highest BCUT2D eigenvalue weighted by Crippen LogP contribution is 2.05. The van der Waals surface area contributed by atoms with E-state index in [9.17, 15) is 0 Å². The Morgan fingerprint density at radius 3 is 2.20 bits per heavy atom. The Hall–Kier alpha value is 0.177. The molecular weight excluding hydrogens is 140 g/mol. The molecule has 1 nitrogen and oxygen atoms in total. The van der Waals surface area contributed by atoms with Crippen molar-refractivity contribution >= 4 is 9.76 Å². The van der Waals surface area contributed by atoms with Crippen molar-refractivity contribution in [3.05, 3.63) is 0 Å². The molecule has 0 bridgehead atoms. The molecule has 0 fully saturated rings. The van der Waals surface area contributed by atoms with Gasteiger partial charge in [-0.2, -0.15) is 0 Å². The standard InChI is InChI=1S/C8H20OSi/c1-2-3-4-5-6-7-8-10-9/h9H,2-8,10H2,1H3. The second kappa shape index (κ2) is 9.18. The Labute approximate surface area is 66.8 Å². The van der Waals surface area contributed by atoms with Gasteiger partial charge in [0.1, 0.15) is 0 Å². The van der Waals surface area contributed by atoms with E-state index in [0.29, 0.717) is 0 Å². The van der Waals surface area contributed by atoms with Crippen molar-refractivity contribution in [2.45, 2.75) is 51.5 Å². The zero-order valence-corrected chi connectivity index (χ0v) is 8.52. The first-order valence-electron chi connectivity index (χ1n) is 4.52. The van der Waals surface area contributed by atoms with E-state index >= 15 is 0 Å². The summed E-state index contributed by atoms with van der Waals surface area (Å²) in [5.74, 6) is 0. The summed E-state index contributed by atoms with van der Waals surface area (Å²) in [6.45, 7) is 2.24. The van der Waals surface area contributed by atoms with Crippen molar-refractivity contribution in [3.63, 3.8) is 0 Å². The second-order valence-electron chi connectivity index (χ2n) is 2.84. The Kier molecular flexibility index (Phi) is 9.34. The predicted octanol–water partition coefficient (Wildman–Crippen LogP) is 1.84. The Morgan fingerprint density at radius 1 is 1.00 bits per heavy atom. The number of hydrogen-bond donors (Lipinski definition) is 1. The van der Waals surface area contributed by atoms with Crippen LogP contribution in [0.4, 0.5) is 0 Å². The van der Waals surface area contributed by atoms with Crippen LogP contribution in [0.1, 0.15) is 45.4 Å². The molecule has 0 aromatic carbocycles. The minimum absolute atomic E-state index is 0.625. The Morgan fingerprint density at radius 2 is 1.60 bits per heavy atom. The molecule has 0 aliphatic carbocycles. The summed E-state index contributed by atoms with van der Waals surface area (Å²) in [6, 6.07) is 1.13. The number of rotatable bonds is 7. The first-order valence-corrected chi connectivity index (χ1v) is 6.16. The lowest BCUT2D eigenvalue weighted by Crippen LogP contribution is -1.85. The molecule has 0 radical (unpaired) electrons. The fourth-order valence-corrected chi connectivity index (χ4v) is 1.65. The van der Waals surface area contributed by atoms with Gasteiger partial charge in [-0.05, 0) is 6.04 Å². The van der Waals surface area contributed by atoms with Crippen LogP contribution in [-0.4, -0.2) is 14.6 Å². The van der Waals surface area contributed by atoms with Gasteiger partial charge in [0.15, 0.2) is 9.76 Å². The van der Waals surface area contributed by atoms with Gasteiger partial charge < -0.3 is 4.80 Å². The smallest absolute Gasteiger partial charge is 0.156 e. The number of unbranched alkanes of at least 4 members (excludes halogenated alkanes) is 5. The van der Waals surface area contributed by atoms with E-state index in [4.69, 9.17) is 4.80 Å². The van der Waals surface area contributed by atoms with Crippen LogP contribution >= 0.6 is 0 Å². The molecule has 0 aliphatic rings. The van der Waals surface area contributed by atoms with Gasteiger partial charge in [-0.3, -0.25) is 0 Å². The van der Waals surface area contributed by atoms with E-state index in [0.717, 1.165) is 6.04 Å². The third-order valence-corrected chi connectivity index (χ3v) is 2.58. The molecule has 0 saturated carbocycles. The lowest BCUT2D eigenvalue weighted by Gasteiger charge is -1.97. The molecule has 0 saturated heterocycles. The van der Waals surface area contributed by atoms with Gasteiger partial charge in [-0.25, -0.2) is 0 Å². The Balaban J connectivity index is 2.65. The van der Waals surface area contributed by atoms with Gasteiger partial charge >= 0.3 is 0 Å². The molecule has 0 spiro atoms. The highest BCUT2D eigenvalue weighted by molar-refractivity contribution is 6.25. The van der Waals surface area contributed by atoms with E-state index < -0.39 is 9.76 Å². The van der Waals surface area contributed by atoms with Gasteiger partial charge in [0.2, 0.25) is 0 Å². The molecule has 2 heteroatoms. The van der Waals surface area contributed by atoms with Crippen molar-refractivity contribution in [1.82, 2.24) is 0 Å². The maximum Gasteiger partial charge on any atom is 0.156 e. The molecule has 0 rings (SSSR count). The molecule has 0 amide bonds. The Bertz CT molecular complexity index is 49.2. The third kappa shape index (κ3) is 8.18. The van der Waals surface area contributed by atoms with Crippen LogP contribution in [0.3, 0.4) is 0 Å². The minimum Gasteiger partial charge on any atom is -0.438 e. The fraction of sp³-hybridized carbons (Fsp3) is 1.00. The van der Waals surface area contributed by atoms with E-state index in [2.05, 4.69) is 6.92 Å². The molecule has 0 aliphatic heterocycles. The second-order valence-corrected chi connectivity index (χ2v) is 4.00. The van der Waals surface area contributed by atoms with Gasteiger partial charge in [0.25, 0.3) is 0 Å². The zero-order chi connectivity index (χ0) is 7.66. The van der Waals surface area contributed by atoms with E-state index in [1.54, 1.807) is 0 Å². The van der Waals surface area contributed by atoms with E-state index in [-0.39, 0.29) is 0 Å². The van der Waals surface area contributed by atoms with Gasteiger partial charge in [-0.15, -0.1) is 0 Å².